The summed E-state index contributed by atoms with van der Waals surface area (Å²) in [4.78, 5) is 52.4. The van der Waals surface area contributed by atoms with Gasteiger partial charge >= 0.3 is 5.69 Å². The number of benzene rings is 2. The molecule has 1 aliphatic rings. The first kappa shape index (κ1) is 24.5. The van der Waals surface area contributed by atoms with Crippen LogP contribution in [0.4, 0.5) is 5.69 Å². The molecule has 10 heteroatoms. The quantitative estimate of drug-likeness (QED) is 0.403. The molecule has 37 heavy (non-hydrogen) atoms. The number of nitrogens with one attached hydrogen (secondary N) is 2. The van der Waals surface area contributed by atoms with Crippen molar-refractivity contribution < 1.29 is 9.59 Å². The summed E-state index contributed by atoms with van der Waals surface area (Å²) in [5.41, 5.74) is 1.47. The van der Waals surface area contributed by atoms with Crippen molar-refractivity contribution in [3.05, 3.63) is 74.4 Å². The third-order valence-electron chi connectivity index (χ3n) is 6.81. The average molecular weight is 503 g/mol. The van der Waals surface area contributed by atoms with Crippen LogP contribution >= 0.6 is 0 Å². The van der Waals surface area contributed by atoms with E-state index in [1.165, 1.54) is 8.97 Å². The van der Waals surface area contributed by atoms with E-state index in [-0.39, 0.29) is 29.8 Å². The van der Waals surface area contributed by atoms with Crippen molar-refractivity contribution in [1.29, 1.82) is 0 Å². The van der Waals surface area contributed by atoms with Gasteiger partial charge in [-0.05, 0) is 56.5 Å². The van der Waals surface area contributed by atoms with Gasteiger partial charge in [-0.3, -0.25) is 19.0 Å². The first-order valence-electron chi connectivity index (χ1n) is 12.7. The Hall–Kier alpha value is -4.21. The lowest BCUT2D eigenvalue weighted by Gasteiger charge is -2.13. The topological polar surface area (TPSA) is 120 Å². The summed E-state index contributed by atoms with van der Waals surface area (Å²) in [5.74, 6) is -0.516. The first-order chi connectivity index (χ1) is 17.9. The maximum absolute atomic E-state index is 13.5. The molecule has 10 nitrogen and oxygen atoms in total. The Morgan fingerprint density at radius 2 is 1.78 bits per heavy atom. The fourth-order valence-corrected chi connectivity index (χ4v) is 4.90. The molecular formula is C27H30N6O4. The molecule has 2 N–H and O–H groups in total. The van der Waals surface area contributed by atoms with E-state index < -0.39 is 11.6 Å². The van der Waals surface area contributed by atoms with Gasteiger partial charge in [0.1, 0.15) is 6.54 Å². The molecule has 4 aromatic rings. The number of carbonyl (C=O) groups excluding carboxylic acids is 2. The number of rotatable bonds is 7. The van der Waals surface area contributed by atoms with Gasteiger partial charge in [0.15, 0.2) is 0 Å². The van der Waals surface area contributed by atoms with Gasteiger partial charge in [-0.1, -0.05) is 37.5 Å². The van der Waals surface area contributed by atoms with Gasteiger partial charge in [0, 0.05) is 23.8 Å². The highest BCUT2D eigenvalue weighted by atomic mass is 16.2. The Morgan fingerprint density at radius 3 is 2.49 bits per heavy atom. The van der Waals surface area contributed by atoms with Crippen molar-refractivity contribution in [2.45, 2.75) is 65.1 Å². The molecule has 1 fully saturated rings. The highest BCUT2D eigenvalue weighted by Gasteiger charge is 2.22. The second kappa shape index (κ2) is 10.0. The molecule has 1 saturated carbocycles. The molecule has 2 amide bonds. The predicted molar refractivity (Wildman–Crippen MR) is 141 cm³/mol. The second-order valence-corrected chi connectivity index (χ2v) is 9.63. The van der Waals surface area contributed by atoms with Crippen molar-refractivity contribution in [3.8, 4) is 0 Å². The van der Waals surface area contributed by atoms with Gasteiger partial charge < -0.3 is 10.6 Å². The molecule has 2 aromatic heterocycles. The van der Waals surface area contributed by atoms with Crippen LogP contribution in [0.1, 0.15) is 54.9 Å². The molecule has 0 radical (unpaired) electrons. The van der Waals surface area contributed by atoms with E-state index in [9.17, 15) is 19.2 Å². The van der Waals surface area contributed by atoms with Crippen molar-refractivity contribution in [2.75, 3.05) is 5.32 Å². The Bertz CT molecular complexity index is 1610. The van der Waals surface area contributed by atoms with Crippen molar-refractivity contribution in [1.82, 2.24) is 24.1 Å². The number of carbonyl (C=O) groups is 2. The van der Waals surface area contributed by atoms with Gasteiger partial charge in [-0.2, -0.15) is 0 Å². The van der Waals surface area contributed by atoms with E-state index in [2.05, 4.69) is 15.7 Å². The Morgan fingerprint density at radius 1 is 1.05 bits per heavy atom. The van der Waals surface area contributed by atoms with Gasteiger partial charge in [0.05, 0.1) is 10.9 Å². The standard InChI is InChI=1S/C27H30N6O4/c1-3-14-31-25(36)21-13-10-18(24(35)29-19-6-4-5-7-19)15-22(21)33-26(31)30-32(27(33)37)16-23(34)28-20-11-8-17(2)9-12-20/h8-13,15,19H,3-7,14,16H2,1-2H3,(H,28,34)(H,29,35). The minimum atomic E-state index is -0.558. The van der Waals surface area contributed by atoms with Crippen LogP contribution in [0.25, 0.3) is 16.7 Å². The Balaban J connectivity index is 1.56. The average Bonchev–Trinajstić information content (AvgIpc) is 3.50. The molecule has 1 aliphatic carbocycles. The maximum atomic E-state index is 13.5. The van der Waals surface area contributed by atoms with E-state index in [4.69, 9.17) is 0 Å². The minimum absolute atomic E-state index is 0.137. The summed E-state index contributed by atoms with van der Waals surface area (Å²) in [6.45, 7) is 3.91. The zero-order chi connectivity index (χ0) is 26.1. The highest BCUT2D eigenvalue weighted by molar-refractivity contribution is 5.98. The molecule has 2 aromatic carbocycles. The van der Waals surface area contributed by atoms with Crippen LogP contribution in [0.2, 0.25) is 0 Å². The maximum Gasteiger partial charge on any atom is 0.352 e. The first-order valence-corrected chi connectivity index (χ1v) is 12.7. The zero-order valence-corrected chi connectivity index (χ0v) is 21.0. The normalized spacial score (nSPS) is 13.9. The number of amides is 2. The smallest absolute Gasteiger partial charge is 0.349 e. The number of aromatic nitrogens is 4. The summed E-state index contributed by atoms with van der Waals surface area (Å²) in [6, 6.07) is 12.2. The van der Waals surface area contributed by atoms with Crippen molar-refractivity contribution in [2.24, 2.45) is 0 Å². The van der Waals surface area contributed by atoms with Crippen LogP contribution in [-0.2, 0) is 17.9 Å². The zero-order valence-electron chi connectivity index (χ0n) is 21.0. The third kappa shape index (κ3) is 4.78. The van der Waals surface area contributed by atoms with Crippen LogP contribution in [0, 0.1) is 6.92 Å². The molecule has 0 atom stereocenters. The lowest BCUT2D eigenvalue weighted by molar-refractivity contribution is -0.117. The number of hydrogen-bond acceptors (Lipinski definition) is 5. The van der Waals surface area contributed by atoms with Gasteiger partial charge in [0.25, 0.3) is 11.5 Å². The number of aryl methyl sites for hydroxylation is 2. The monoisotopic (exact) mass is 502 g/mol. The van der Waals surface area contributed by atoms with Crippen molar-refractivity contribution in [3.63, 3.8) is 0 Å². The Kier molecular flexibility index (Phi) is 6.64. The lowest BCUT2D eigenvalue weighted by atomic mass is 10.1. The largest absolute Gasteiger partial charge is 0.352 e. The van der Waals surface area contributed by atoms with E-state index in [1.54, 1.807) is 30.3 Å². The molecule has 2 heterocycles. The van der Waals surface area contributed by atoms with E-state index in [1.807, 2.05) is 26.0 Å². The third-order valence-corrected chi connectivity index (χ3v) is 6.81. The lowest BCUT2D eigenvalue weighted by Crippen LogP contribution is -2.33. The molecule has 5 rings (SSSR count). The van der Waals surface area contributed by atoms with Crippen LogP contribution in [0.3, 0.4) is 0 Å². The molecular weight excluding hydrogens is 472 g/mol. The number of nitrogens with zero attached hydrogens (tertiary/aromatic N) is 4. The fraction of sp³-hybridized carbons (Fsp3) is 0.370. The summed E-state index contributed by atoms with van der Waals surface area (Å²) < 4.78 is 3.81. The summed E-state index contributed by atoms with van der Waals surface area (Å²) in [6.07, 6.45) is 4.72. The number of hydrogen-bond donors (Lipinski definition) is 2. The minimum Gasteiger partial charge on any atom is -0.349 e. The molecule has 0 saturated heterocycles. The number of anilines is 1. The second-order valence-electron chi connectivity index (χ2n) is 9.63. The number of fused-ring (bicyclic) bond motifs is 3. The fourth-order valence-electron chi connectivity index (χ4n) is 4.90. The highest BCUT2D eigenvalue weighted by Crippen LogP contribution is 2.19. The SMILES string of the molecule is CCCn1c(=O)c2ccc(C(=O)NC3CCCC3)cc2n2c(=O)n(CC(=O)Nc3ccc(C)cc3)nc12. The van der Waals surface area contributed by atoms with Crippen molar-refractivity contribution >= 4 is 34.2 Å². The summed E-state index contributed by atoms with van der Waals surface area (Å²) in [5, 5.41) is 10.5. The van der Waals surface area contributed by atoms with E-state index in [0.717, 1.165) is 35.9 Å². The van der Waals surface area contributed by atoms with Crippen LogP contribution < -0.4 is 21.9 Å². The van der Waals surface area contributed by atoms with Gasteiger partial charge in [-0.15, -0.1) is 5.10 Å². The molecule has 0 unspecified atom stereocenters. The molecule has 192 valence electrons. The Labute approximate surface area is 212 Å². The summed E-state index contributed by atoms with van der Waals surface area (Å²) in [7, 11) is 0. The van der Waals surface area contributed by atoms with Crippen LogP contribution in [0.5, 0.6) is 0 Å². The predicted octanol–water partition coefficient (Wildman–Crippen LogP) is 2.84. The van der Waals surface area contributed by atoms with Crippen LogP contribution in [-0.4, -0.2) is 36.6 Å². The van der Waals surface area contributed by atoms with E-state index in [0.29, 0.717) is 35.1 Å². The van der Waals surface area contributed by atoms with E-state index >= 15 is 0 Å². The molecule has 0 bridgehead atoms. The van der Waals surface area contributed by atoms with Gasteiger partial charge in [0.2, 0.25) is 11.7 Å². The van der Waals surface area contributed by atoms with Gasteiger partial charge in [-0.25, -0.2) is 13.9 Å². The summed E-state index contributed by atoms with van der Waals surface area (Å²) >= 11 is 0. The van der Waals surface area contributed by atoms with Crippen LogP contribution in [0.15, 0.2) is 52.1 Å². The molecule has 0 aliphatic heterocycles. The molecule has 0 spiro atoms.